The van der Waals surface area contributed by atoms with Gasteiger partial charge in [-0.05, 0) is 25.3 Å². The lowest BCUT2D eigenvalue weighted by molar-refractivity contribution is 0.148. The Bertz CT molecular complexity index is 329. The zero-order chi connectivity index (χ0) is 10.7. The van der Waals surface area contributed by atoms with Crippen LogP contribution in [-0.2, 0) is 6.54 Å². The Morgan fingerprint density at radius 1 is 1.33 bits per heavy atom. The molecule has 0 aliphatic heterocycles. The first-order valence-corrected chi connectivity index (χ1v) is 5.42. The average molecular weight is 209 g/mol. The summed E-state index contributed by atoms with van der Waals surface area (Å²) in [5.74, 6) is -0.183. The lowest BCUT2D eigenvalue weighted by Crippen LogP contribution is -2.35. The van der Waals surface area contributed by atoms with E-state index in [0.29, 0.717) is 12.1 Å². The molecule has 0 spiro atoms. The maximum atomic E-state index is 13.3. The van der Waals surface area contributed by atoms with Crippen molar-refractivity contribution >= 4 is 0 Å². The monoisotopic (exact) mass is 209 g/mol. The summed E-state index contributed by atoms with van der Waals surface area (Å²) in [5.41, 5.74) is 0.664. The third kappa shape index (κ3) is 2.55. The molecule has 1 fully saturated rings. The number of rotatable bonds is 3. The van der Waals surface area contributed by atoms with Crippen LogP contribution in [0.15, 0.2) is 24.3 Å². The minimum absolute atomic E-state index is 0.129. The molecule has 3 heteroatoms. The van der Waals surface area contributed by atoms with Crippen LogP contribution in [0.4, 0.5) is 4.39 Å². The minimum atomic E-state index is -0.267. The number of aliphatic hydroxyl groups is 1. The van der Waals surface area contributed by atoms with E-state index in [9.17, 15) is 9.50 Å². The highest BCUT2D eigenvalue weighted by Gasteiger charge is 2.24. The quantitative estimate of drug-likeness (QED) is 0.796. The molecule has 2 N–H and O–H groups in total. The normalized spacial score (nSPS) is 25.7. The van der Waals surface area contributed by atoms with Gasteiger partial charge in [0.25, 0.3) is 0 Å². The summed E-state index contributed by atoms with van der Waals surface area (Å²) < 4.78 is 13.3. The molecule has 15 heavy (non-hydrogen) atoms. The summed E-state index contributed by atoms with van der Waals surface area (Å²) >= 11 is 0. The molecule has 1 aromatic rings. The minimum Gasteiger partial charge on any atom is -0.392 e. The Balaban J connectivity index is 1.90. The third-order valence-corrected chi connectivity index (χ3v) is 2.99. The molecule has 0 radical (unpaired) electrons. The molecule has 1 aliphatic rings. The van der Waals surface area contributed by atoms with Crippen molar-refractivity contribution in [1.29, 1.82) is 0 Å². The van der Waals surface area contributed by atoms with Crippen molar-refractivity contribution in [3.8, 4) is 0 Å². The van der Waals surface area contributed by atoms with Crippen molar-refractivity contribution in [1.82, 2.24) is 5.32 Å². The Labute approximate surface area is 89.1 Å². The van der Waals surface area contributed by atoms with E-state index < -0.39 is 0 Å². The summed E-state index contributed by atoms with van der Waals surface area (Å²) in [6, 6.07) is 6.87. The predicted molar refractivity (Wildman–Crippen MR) is 56.9 cm³/mol. The van der Waals surface area contributed by atoms with E-state index in [1.807, 2.05) is 6.07 Å². The van der Waals surface area contributed by atoms with Crippen LogP contribution in [0.25, 0.3) is 0 Å². The van der Waals surface area contributed by atoms with Crippen molar-refractivity contribution < 1.29 is 9.50 Å². The van der Waals surface area contributed by atoms with Crippen LogP contribution in [0.5, 0.6) is 0 Å². The fraction of sp³-hybridized carbons (Fsp3) is 0.500. The zero-order valence-corrected chi connectivity index (χ0v) is 8.62. The summed E-state index contributed by atoms with van der Waals surface area (Å²) in [6.45, 7) is 0.494. The summed E-state index contributed by atoms with van der Waals surface area (Å²) in [5, 5.41) is 12.8. The SMILES string of the molecule is O[C@@H]1CCC[C@H]1NCc1ccccc1F. The number of halogens is 1. The fourth-order valence-corrected chi connectivity index (χ4v) is 2.06. The molecule has 1 aromatic carbocycles. The maximum Gasteiger partial charge on any atom is 0.127 e. The van der Waals surface area contributed by atoms with Crippen LogP contribution in [0, 0.1) is 5.82 Å². The van der Waals surface area contributed by atoms with E-state index in [1.54, 1.807) is 12.1 Å². The number of hydrogen-bond donors (Lipinski definition) is 2. The fourth-order valence-electron chi connectivity index (χ4n) is 2.06. The van der Waals surface area contributed by atoms with E-state index in [-0.39, 0.29) is 18.0 Å². The lowest BCUT2D eigenvalue weighted by atomic mass is 10.1. The van der Waals surface area contributed by atoms with Crippen LogP contribution in [-0.4, -0.2) is 17.3 Å². The molecule has 0 amide bonds. The van der Waals surface area contributed by atoms with Gasteiger partial charge in [-0.2, -0.15) is 0 Å². The third-order valence-electron chi connectivity index (χ3n) is 2.99. The van der Waals surface area contributed by atoms with E-state index in [4.69, 9.17) is 0 Å². The Morgan fingerprint density at radius 2 is 2.13 bits per heavy atom. The molecule has 0 unspecified atom stereocenters. The molecule has 0 heterocycles. The maximum absolute atomic E-state index is 13.3. The van der Waals surface area contributed by atoms with Crippen molar-refractivity contribution in [3.63, 3.8) is 0 Å². The molecule has 2 rings (SSSR count). The van der Waals surface area contributed by atoms with Crippen LogP contribution < -0.4 is 5.32 Å². The zero-order valence-electron chi connectivity index (χ0n) is 8.62. The number of benzene rings is 1. The van der Waals surface area contributed by atoms with E-state index in [0.717, 1.165) is 19.3 Å². The van der Waals surface area contributed by atoms with Gasteiger partial charge in [-0.1, -0.05) is 18.2 Å². The number of aliphatic hydroxyl groups excluding tert-OH is 1. The molecule has 1 saturated carbocycles. The topological polar surface area (TPSA) is 32.3 Å². The van der Waals surface area contributed by atoms with Gasteiger partial charge in [0.15, 0.2) is 0 Å². The second kappa shape index (κ2) is 4.73. The van der Waals surface area contributed by atoms with Crippen LogP contribution >= 0.6 is 0 Å². The highest BCUT2D eigenvalue weighted by molar-refractivity contribution is 5.17. The van der Waals surface area contributed by atoms with Gasteiger partial charge in [0.05, 0.1) is 6.10 Å². The molecule has 0 aromatic heterocycles. The van der Waals surface area contributed by atoms with Gasteiger partial charge in [0, 0.05) is 18.2 Å². The molecular formula is C12H16FNO. The van der Waals surface area contributed by atoms with Gasteiger partial charge in [0.2, 0.25) is 0 Å². The van der Waals surface area contributed by atoms with Gasteiger partial charge >= 0.3 is 0 Å². The molecule has 2 nitrogen and oxygen atoms in total. The van der Waals surface area contributed by atoms with Crippen molar-refractivity contribution in [3.05, 3.63) is 35.6 Å². The highest BCUT2D eigenvalue weighted by Crippen LogP contribution is 2.19. The molecule has 0 saturated heterocycles. The highest BCUT2D eigenvalue weighted by atomic mass is 19.1. The Morgan fingerprint density at radius 3 is 2.80 bits per heavy atom. The van der Waals surface area contributed by atoms with Gasteiger partial charge in [-0.3, -0.25) is 0 Å². The lowest BCUT2D eigenvalue weighted by Gasteiger charge is -2.16. The second-order valence-electron chi connectivity index (χ2n) is 4.08. The van der Waals surface area contributed by atoms with Gasteiger partial charge in [-0.25, -0.2) is 4.39 Å². The Kier molecular flexibility index (Phi) is 3.34. The van der Waals surface area contributed by atoms with Crippen LogP contribution in [0.2, 0.25) is 0 Å². The van der Waals surface area contributed by atoms with Gasteiger partial charge in [0.1, 0.15) is 5.82 Å². The Hall–Kier alpha value is -0.930. The summed E-state index contributed by atoms with van der Waals surface area (Å²) in [4.78, 5) is 0. The van der Waals surface area contributed by atoms with E-state index >= 15 is 0 Å². The first-order valence-electron chi connectivity index (χ1n) is 5.42. The first-order chi connectivity index (χ1) is 7.27. The average Bonchev–Trinajstić information content (AvgIpc) is 2.63. The molecule has 82 valence electrons. The van der Waals surface area contributed by atoms with Crippen molar-refractivity contribution in [2.75, 3.05) is 0 Å². The first kappa shape index (κ1) is 10.6. The van der Waals surface area contributed by atoms with Crippen LogP contribution in [0.1, 0.15) is 24.8 Å². The number of nitrogens with one attached hydrogen (secondary N) is 1. The summed E-state index contributed by atoms with van der Waals surface area (Å²) in [6.07, 6.45) is 2.62. The van der Waals surface area contributed by atoms with E-state index in [2.05, 4.69) is 5.32 Å². The van der Waals surface area contributed by atoms with Gasteiger partial charge < -0.3 is 10.4 Å². The van der Waals surface area contributed by atoms with Crippen LogP contribution in [0.3, 0.4) is 0 Å². The largest absolute Gasteiger partial charge is 0.392 e. The van der Waals surface area contributed by atoms with Gasteiger partial charge in [-0.15, -0.1) is 0 Å². The molecule has 2 atom stereocenters. The van der Waals surface area contributed by atoms with E-state index in [1.165, 1.54) is 6.07 Å². The van der Waals surface area contributed by atoms with Crippen molar-refractivity contribution in [2.45, 2.75) is 38.0 Å². The van der Waals surface area contributed by atoms with Crippen molar-refractivity contribution in [2.24, 2.45) is 0 Å². The molecular weight excluding hydrogens is 193 g/mol. The standard InChI is InChI=1S/C12H16FNO/c13-10-5-2-1-4-9(10)8-14-11-6-3-7-12(11)15/h1-2,4-5,11-12,14-15H,3,6-8H2/t11-,12-/m1/s1. The molecule has 1 aliphatic carbocycles. The molecule has 0 bridgehead atoms. The second-order valence-corrected chi connectivity index (χ2v) is 4.08. The summed E-state index contributed by atoms with van der Waals surface area (Å²) in [7, 11) is 0. The number of hydrogen-bond acceptors (Lipinski definition) is 2. The smallest absolute Gasteiger partial charge is 0.127 e. The predicted octanol–water partition coefficient (Wildman–Crippen LogP) is 1.83.